The first-order chi connectivity index (χ1) is 13.5. The third-order valence-electron chi connectivity index (χ3n) is 3.57. The molecule has 3 rings (SSSR count). The fraction of sp³-hybridized carbons (Fsp3) is 0.0526. The first-order valence-corrected chi connectivity index (χ1v) is 8.44. The zero-order valence-corrected chi connectivity index (χ0v) is 15.1. The van der Waals surface area contributed by atoms with E-state index in [-0.39, 0.29) is 12.3 Å². The SMILES string of the molecule is O=C(COc1ccccc1Cl)NN=Cc1ccc(-c2ccc([N+](=O)[O-])cc2)o1. The number of ether oxygens (including phenoxy) is 1. The number of para-hydroxylation sites is 1. The molecule has 1 heterocycles. The monoisotopic (exact) mass is 399 g/mol. The van der Waals surface area contributed by atoms with Crippen molar-refractivity contribution in [3.05, 3.63) is 81.6 Å². The number of non-ortho nitro benzene ring substituents is 1. The summed E-state index contributed by atoms with van der Waals surface area (Å²) in [6, 6.07) is 16.1. The standard InChI is InChI=1S/C19H14ClN3O5/c20-16-3-1-2-4-18(16)27-12-19(24)22-21-11-15-9-10-17(28-15)13-5-7-14(8-6-13)23(25)26/h1-11H,12H2,(H,22,24). The molecule has 0 aliphatic heterocycles. The summed E-state index contributed by atoms with van der Waals surface area (Å²) in [5.41, 5.74) is 3.00. The second-order valence-corrected chi connectivity index (χ2v) is 5.93. The van der Waals surface area contributed by atoms with E-state index in [4.69, 9.17) is 20.8 Å². The highest BCUT2D eigenvalue weighted by Crippen LogP contribution is 2.24. The Hall–Kier alpha value is -3.65. The predicted molar refractivity (Wildman–Crippen MR) is 103 cm³/mol. The summed E-state index contributed by atoms with van der Waals surface area (Å²) in [6.45, 7) is -0.243. The topological polar surface area (TPSA) is 107 Å². The van der Waals surface area contributed by atoms with Crippen LogP contribution in [0.15, 0.2) is 70.2 Å². The van der Waals surface area contributed by atoms with Crippen LogP contribution in [-0.2, 0) is 4.79 Å². The average molecular weight is 400 g/mol. The normalized spacial score (nSPS) is 10.8. The smallest absolute Gasteiger partial charge is 0.277 e. The first kappa shape index (κ1) is 19.1. The van der Waals surface area contributed by atoms with Crippen molar-refractivity contribution in [3.63, 3.8) is 0 Å². The first-order valence-electron chi connectivity index (χ1n) is 8.07. The number of carbonyl (C=O) groups is 1. The number of hydrogen-bond acceptors (Lipinski definition) is 6. The van der Waals surface area contributed by atoms with Crippen LogP contribution in [0.4, 0.5) is 5.69 Å². The van der Waals surface area contributed by atoms with E-state index in [1.807, 2.05) is 0 Å². The Morgan fingerprint density at radius 1 is 1.18 bits per heavy atom. The third kappa shape index (κ3) is 4.95. The van der Waals surface area contributed by atoms with Crippen molar-refractivity contribution in [2.24, 2.45) is 5.10 Å². The van der Waals surface area contributed by atoms with Gasteiger partial charge >= 0.3 is 0 Å². The number of furan rings is 1. The molecule has 0 unspecified atom stereocenters. The molecule has 0 saturated heterocycles. The molecule has 2 aromatic carbocycles. The second-order valence-electron chi connectivity index (χ2n) is 5.52. The lowest BCUT2D eigenvalue weighted by atomic mass is 10.1. The fourth-order valence-corrected chi connectivity index (χ4v) is 2.42. The van der Waals surface area contributed by atoms with Gasteiger partial charge in [-0.2, -0.15) is 5.10 Å². The summed E-state index contributed by atoms with van der Waals surface area (Å²) in [5, 5.41) is 14.9. The van der Waals surface area contributed by atoms with Crippen molar-refractivity contribution in [3.8, 4) is 17.1 Å². The number of nitro benzene ring substituents is 1. The van der Waals surface area contributed by atoms with E-state index in [0.717, 1.165) is 0 Å². The van der Waals surface area contributed by atoms with E-state index in [1.165, 1.54) is 18.3 Å². The maximum Gasteiger partial charge on any atom is 0.277 e. The van der Waals surface area contributed by atoms with Crippen molar-refractivity contribution in [1.29, 1.82) is 0 Å². The Balaban J connectivity index is 1.53. The lowest BCUT2D eigenvalue weighted by molar-refractivity contribution is -0.384. The molecule has 28 heavy (non-hydrogen) atoms. The molecule has 142 valence electrons. The van der Waals surface area contributed by atoms with Crippen molar-refractivity contribution >= 4 is 29.4 Å². The number of benzene rings is 2. The van der Waals surface area contributed by atoms with Crippen LogP contribution in [0.25, 0.3) is 11.3 Å². The Morgan fingerprint density at radius 3 is 2.64 bits per heavy atom. The van der Waals surface area contributed by atoms with E-state index < -0.39 is 10.8 Å². The minimum Gasteiger partial charge on any atom is -0.482 e. The molecule has 1 N–H and O–H groups in total. The van der Waals surface area contributed by atoms with Crippen LogP contribution in [0.5, 0.6) is 5.75 Å². The molecule has 0 atom stereocenters. The molecule has 8 nitrogen and oxygen atoms in total. The fourth-order valence-electron chi connectivity index (χ4n) is 2.23. The van der Waals surface area contributed by atoms with E-state index in [0.29, 0.717) is 27.9 Å². The van der Waals surface area contributed by atoms with Crippen LogP contribution in [0, 0.1) is 10.1 Å². The molecule has 0 saturated carbocycles. The number of rotatable bonds is 7. The van der Waals surface area contributed by atoms with Gasteiger partial charge in [-0.15, -0.1) is 0 Å². The summed E-state index contributed by atoms with van der Waals surface area (Å²) < 4.78 is 10.9. The number of hydrazone groups is 1. The van der Waals surface area contributed by atoms with Crippen LogP contribution in [0.1, 0.15) is 5.76 Å². The van der Waals surface area contributed by atoms with Gasteiger partial charge in [0.15, 0.2) is 6.61 Å². The molecule has 3 aromatic rings. The van der Waals surface area contributed by atoms with Gasteiger partial charge in [-0.1, -0.05) is 23.7 Å². The molecule has 0 bridgehead atoms. The largest absolute Gasteiger partial charge is 0.482 e. The molecule has 0 aliphatic rings. The van der Waals surface area contributed by atoms with Gasteiger partial charge in [0.25, 0.3) is 11.6 Å². The van der Waals surface area contributed by atoms with Crippen LogP contribution >= 0.6 is 11.6 Å². The Bertz CT molecular complexity index is 1010. The molecular formula is C19H14ClN3O5. The van der Waals surface area contributed by atoms with E-state index in [9.17, 15) is 14.9 Å². The van der Waals surface area contributed by atoms with E-state index >= 15 is 0 Å². The van der Waals surface area contributed by atoms with Gasteiger partial charge in [0.05, 0.1) is 16.2 Å². The van der Waals surface area contributed by atoms with Crippen molar-refractivity contribution in [2.75, 3.05) is 6.61 Å². The highest BCUT2D eigenvalue weighted by molar-refractivity contribution is 6.32. The van der Waals surface area contributed by atoms with Gasteiger partial charge in [-0.25, -0.2) is 5.43 Å². The molecule has 0 aliphatic carbocycles. The molecule has 1 aromatic heterocycles. The third-order valence-corrected chi connectivity index (χ3v) is 3.88. The average Bonchev–Trinajstić information content (AvgIpc) is 3.16. The zero-order chi connectivity index (χ0) is 19.9. The molecular weight excluding hydrogens is 386 g/mol. The number of nitrogens with one attached hydrogen (secondary N) is 1. The van der Waals surface area contributed by atoms with Gasteiger partial charge in [0.1, 0.15) is 17.3 Å². The summed E-state index contributed by atoms with van der Waals surface area (Å²) >= 11 is 5.94. The highest BCUT2D eigenvalue weighted by Gasteiger charge is 2.08. The zero-order valence-electron chi connectivity index (χ0n) is 14.4. The molecule has 9 heteroatoms. The summed E-state index contributed by atoms with van der Waals surface area (Å²) in [4.78, 5) is 22.0. The van der Waals surface area contributed by atoms with Crippen LogP contribution in [0.3, 0.4) is 0 Å². The number of nitro groups is 1. The second kappa shape index (κ2) is 8.83. The van der Waals surface area contributed by atoms with Gasteiger partial charge in [-0.3, -0.25) is 14.9 Å². The minimum absolute atomic E-state index is 0.00110. The number of hydrogen-bond donors (Lipinski definition) is 1. The Morgan fingerprint density at radius 2 is 1.93 bits per heavy atom. The van der Waals surface area contributed by atoms with E-state index in [1.54, 1.807) is 48.5 Å². The quantitative estimate of drug-likeness (QED) is 0.366. The number of nitrogens with zero attached hydrogens (tertiary/aromatic N) is 2. The molecule has 0 radical (unpaired) electrons. The maximum atomic E-state index is 11.8. The van der Waals surface area contributed by atoms with Crippen molar-refractivity contribution in [2.45, 2.75) is 0 Å². The van der Waals surface area contributed by atoms with E-state index in [2.05, 4.69) is 10.5 Å². The van der Waals surface area contributed by atoms with Gasteiger partial charge in [-0.05, 0) is 36.4 Å². The Labute approximate surface area is 164 Å². The number of halogens is 1. The minimum atomic E-state index is -0.470. The van der Waals surface area contributed by atoms with Gasteiger partial charge < -0.3 is 9.15 Å². The summed E-state index contributed by atoms with van der Waals surface area (Å²) in [7, 11) is 0. The van der Waals surface area contributed by atoms with Crippen LogP contribution < -0.4 is 10.2 Å². The van der Waals surface area contributed by atoms with Gasteiger partial charge in [0, 0.05) is 17.7 Å². The summed E-state index contributed by atoms with van der Waals surface area (Å²) in [5.74, 6) is 0.866. The molecule has 0 spiro atoms. The number of carbonyl (C=O) groups excluding carboxylic acids is 1. The summed E-state index contributed by atoms with van der Waals surface area (Å²) in [6.07, 6.45) is 1.34. The van der Waals surface area contributed by atoms with Crippen LogP contribution in [0.2, 0.25) is 5.02 Å². The maximum absolute atomic E-state index is 11.8. The molecule has 0 fully saturated rings. The number of amides is 1. The predicted octanol–water partition coefficient (Wildman–Crippen LogP) is 4.04. The van der Waals surface area contributed by atoms with Gasteiger partial charge in [0.2, 0.25) is 0 Å². The van der Waals surface area contributed by atoms with Crippen LogP contribution in [-0.4, -0.2) is 23.7 Å². The van der Waals surface area contributed by atoms with Crippen molar-refractivity contribution < 1.29 is 18.9 Å². The Kier molecular flexibility index (Phi) is 6.03. The lowest BCUT2D eigenvalue weighted by Gasteiger charge is -2.06. The van der Waals surface area contributed by atoms with Crippen molar-refractivity contribution in [1.82, 2.24) is 5.43 Å². The molecule has 1 amide bonds. The lowest BCUT2D eigenvalue weighted by Crippen LogP contribution is -2.24. The highest BCUT2D eigenvalue weighted by atomic mass is 35.5.